The maximum absolute atomic E-state index is 13.0. The minimum Gasteiger partial charge on any atom is -0.326 e. The molecule has 0 radical (unpaired) electrons. The summed E-state index contributed by atoms with van der Waals surface area (Å²) in [5.41, 5.74) is 5.77. The smallest absolute Gasteiger partial charge is 0.228 e. The molecule has 5 aromatic rings. The van der Waals surface area contributed by atoms with E-state index in [4.69, 9.17) is 0 Å². The van der Waals surface area contributed by atoms with Crippen molar-refractivity contribution in [3.05, 3.63) is 137 Å². The predicted octanol–water partition coefficient (Wildman–Crippen LogP) is 4.95. The fraction of sp³-hybridized carbons (Fsp3) is 0.0645. The molecule has 0 spiro atoms. The number of hydrogen-bond donors (Lipinski definition) is 1. The van der Waals surface area contributed by atoms with Gasteiger partial charge >= 0.3 is 0 Å². The molecule has 0 fully saturated rings. The van der Waals surface area contributed by atoms with Crippen LogP contribution in [0.3, 0.4) is 0 Å². The van der Waals surface area contributed by atoms with Crippen LogP contribution in [0.4, 0.5) is 5.69 Å². The predicted molar refractivity (Wildman–Crippen MR) is 143 cm³/mol. The molecule has 0 bridgehead atoms. The molecule has 4 aromatic carbocycles. The van der Waals surface area contributed by atoms with Gasteiger partial charge in [0.2, 0.25) is 5.91 Å². The molecule has 1 aromatic heterocycles. The Hall–Kier alpha value is -5.17. The van der Waals surface area contributed by atoms with Crippen molar-refractivity contribution in [1.82, 2.24) is 15.0 Å². The molecule has 0 unspecified atom stereocenters. The summed E-state index contributed by atoms with van der Waals surface area (Å²) in [5.74, 6) is -0.361. The van der Waals surface area contributed by atoms with Crippen LogP contribution >= 0.6 is 0 Å². The monoisotopic (exact) mass is 498 g/mol. The van der Waals surface area contributed by atoms with E-state index < -0.39 is 0 Å². The zero-order chi connectivity index (χ0) is 26.1. The molecule has 0 atom stereocenters. The lowest BCUT2D eigenvalue weighted by atomic mass is 9.83. The number of fused-ring (bicyclic) bond motifs is 2. The lowest BCUT2D eigenvalue weighted by molar-refractivity contribution is -0.115. The van der Waals surface area contributed by atoms with E-state index in [1.807, 2.05) is 66.9 Å². The van der Waals surface area contributed by atoms with Crippen molar-refractivity contribution in [3.63, 3.8) is 0 Å². The molecule has 1 heterocycles. The molecule has 1 amide bonds. The normalized spacial score (nSPS) is 12.1. The van der Waals surface area contributed by atoms with Crippen LogP contribution in [0, 0.1) is 0 Å². The first-order chi connectivity index (χ1) is 18.5. The van der Waals surface area contributed by atoms with Crippen molar-refractivity contribution in [2.75, 3.05) is 5.32 Å². The summed E-state index contributed by atoms with van der Waals surface area (Å²) in [6.07, 6.45) is 2.14. The Morgan fingerprint density at radius 1 is 0.711 bits per heavy atom. The SMILES string of the molecule is O=C(Cc1ccccc1)Nc1ccc(-c2cn(Cc3ccc4c(c3)C(=O)c3ccccc3C4=O)nn2)cc1. The zero-order valence-corrected chi connectivity index (χ0v) is 20.3. The quantitative estimate of drug-likeness (QED) is 0.351. The first kappa shape index (κ1) is 23.2. The number of nitrogens with one attached hydrogen (secondary N) is 1. The lowest BCUT2D eigenvalue weighted by Gasteiger charge is -2.18. The van der Waals surface area contributed by atoms with Crippen LogP contribution in [-0.4, -0.2) is 32.5 Å². The van der Waals surface area contributed by atoms with Crippen LogP contribution in [0.5, 0.6) is 0 Å². The van der Waals surface area contributed by atoms with Crippen molar-refractivity contribution >= 4 is 23.2 Å². The summed E-state index contributed by atoms with van der Waals surface area (Å²) in [4.78, 5) is 38.2. The molecule has 0 saturated heterocycles. The second-order valence-electron chi connectivity index (χ2n) is 9.17. The van der Waals surface area contributed by atoms with E-state index in [-0.39, 0.29) is 17.5 Å². The summed E-state index contributed by atoms with van der Waals surface area (Å²) in [5, 5.41) is 11.4. The van der Waals surface area contributed by atoms with E-state index in [2.05, 4.69) is 15.6 Å². The van der Waals surface area contributed by atoms with Crippen molar-refractivity contribution in [3.8, 4) is 11.3 Å². The van der Waals surface area contributed by atoms with E-state index in [0.29, 0.717) is 46.6 Å². The average molecular weight is 499 g/mol. The van der Waals surface area contributed by atoms with Gasteiger partial charge in [-0.2, -0.15) is 0 Å². The Bertz CT molecular complexity index is 1690. The molecular formula is C31H22N4O3. The molecule has 1 N–H and O–H groups in total. The highest BCUT2D eigenvalue weighted by atomic mass is 16.2. The van der Waals surface area contributed by atoms with Crippen LogP contribution in [0.1, 0.15) is 43.0 Å². The van der Waals surface area contributed by atoms with Crippen molar-refractivity contribution in [1.29, 1.82) is 0 Å². The summed E-state index contributed by atoms with van der Waals surface area (Å²) >= 11 is 0. The second-order valence-corrected chi connectivity index (χ2v) is 9.17. The van der Waals surface area contributed by atoms with Crippen LogP contribution in [0.15, 0.2) is 103 Å². The third-order valence-corrected chi connectivity index (χ3v) is 6.54. The lowest BCUT2D eigenvalue weighted by Crippen LogP contribution is -2.21. The van der Waals surface area contributed by atoms with E-state index >= 15 is 0 Å². The van der Waals surface area contributed by atoms with Gasteiger partial charge in [-0.1, -0.05) is 78.0 Å². The van der Waals surface area contributed by atoms with E-state index in [9.17, 15) is 14.4 Å². The molecule has 0 saturated carbocycles. The summed E-state index contributed by atoms with van der Waals surface area (Å²) in [6.45, 7) is 0.400. The van der Waals surface area contributed by atoms with Crippen LogP contribution in [0.2, 0.25) is 0 Å². The number of rotatable bonds is 6. The minimum absolute atomic E-state index is 0.0800. The Kier molecular flexibility index (Phi) is 5.94. The number of aromatic nitrogens is 3. The van der Waals surface area contributed by atoms with Crippen LogP contribution < -0.4 is 5.32 Å². The summed E-state index contributed by atoms with van der Waals surface area (Å²) in [6, 6.07) is 29.2. The van der Waals surface area contributed by atoms with Crippen LogP contribution in [-0.2, 0) is 17.8 Å². The van der Waals surface area contributed by atoms with Gasteiger partial charge in [0, 0.05) is 33.5 Å². The molecule has 6 rings (SSSR count). The molecule has 7 heteroatoms. The number of benzene rings is 4. The zero-order valence-electron chi connectivity index (χ0n) is 20.3. The molecule has 1 aliphatic carbocycles. The van der Waals surface area contributed by atoms with Gasteiger partial charge in [0.25, 0.3) is 0 Å². The fourth-order valence-electron chi connectivity index (χ4n) is 4.65. The highest BCUT2D eigenvalue weighted by molar-refractivity contribution is 6.28. The van der Waals surface area contributed by atoms with Gasteiger partial charge in [0.05, 0.1) is 19.2 Å². The van der Waals surface area contributed by atoms with Gasteiger partial charge in [-0.05, 0) is 35.4 Å². The van der Waals surface area contributed by atoms with Crippen LogP contribution in [0.25, 0.3) is 11.3 Å². The first-order valence-corrected chi connectivity index (χ1v) is 12.2. The average Bonchev–Trinajstić information content (AvgIpc) is 3.41. The van der Waals surface area contributed by atoms with Crippen molar-refractivity contribution in [2.45, 2.75) is 13.0 Å². The summed E-state index contributed by atoms with van der Waals surface area (Å²) < 4.78 is 1.69. The molecule has 7 nitrogen and oxygen atoms in total. The number of hydrogen-bond acceptors (Lipinski definition) is 5. The minimum atomic E-state index is -0.146. The van der Waals surface area contributed by atoms with E-state index in [1.54, 1.807) is 41.1 Å². The number of nitrogens with zero attached hydrogens (tertiary/aromatic N) is 3. The largest absolute Gasteiger partial charge is 0.326 e. The highest BCUT2D eigenvalue weighted by Crippen LogP contribution is 2.28. The standard InChI is InChI=1S/C31H22N4O3/c36-29(17-20-6-2-1-3-7-20)32-23-13-11-22(12-14-23)28-19-35(34-33-28)18-21-10-15-26-27(16-21)31(38)25-9-5-4-8-24(25)30(26)37/h1-16,19H,17-18H2,(H,32,36). The number of carbonyl (C=O) groups is 3. The topological polar surface area (TPSA) is 94.0 Å². The van der Waals surface area contributed by atoms with Gasteiger partial charge in [-0.25, -0.2) is 4.68 Å². The maximum atomic E-state index is 13.0. The molecular weight excluding hydrogens is 476 g/mol. The van der Waals surface area contributed by atoms with E-state index in [0.717, 1.165) is 16.7 Å². The molecule has 184 valence electrons. The van der Waals surface area contributed by atoms with Gasteiger partial charge in [-0.3, -0.25) is 14.4 Å². The summed E-state index contributed by atoms with van der Waals surface area (Å²) in [7, 11) is 0. The molecule has 1 aliphatic rings. The third kappa shape index (κ3) is 4.53. The maximum Gasteiger partial charge on any atom is 0.228 e. The fourth-order valence-corrected chi connectivity index (χ4v) is 4.65. The molecule has 38 heavy (non-hydrogen) atoms. The second kappa shape index (κ2) is 9.71. The molecule has 0 aliphatic heterocycles. The Morgan fingerprint density at radius 2 is 1.37 bits per heavy atom. The third-order valence-electron chi connectivity index (χ3n) is 6.54. The van der Waals surface area contributed by atoms with Gasteiger partial charge in [-0.15, -0.1) is 5.10 Å². The highest BCUT2D eigenvalue weighted by Gasteiger charge is 2.29. The van der Waals surface area contributed by atoms with Gasteiger partial charge < -0.3 is 5.32 Å². The van der Waals surface area contributed by atoms with E-state index in [1.165, 1.54) is 0 Å². The number of amides is 1. The van der Waals surface area contributed by atoms with Crippen molar-refractivity contribution < 1.29 is 14.4 Å². The Balaban J connectivity index is 1.14. The number of anilines is 1. The van der Waals surface area contributed by atoms with Crippen molar-refractivity contribution in [2.24, 2.45) is 0 Å². The first-order valence-electron chi connectivity index (χ1n) is 12.2. The Labute approximate surface area is 218 Å². The van der Waals surface area contributed by atoms with Gasteiger partial charge in [0.1, 0.15) is 5.69 Å². The van der Waals surface area contributed by atoms with Gasteiger partial charge in [0.15, 0.2) is 11.6 Å². The number of carbonyl (C=O) groups excluding carboxylic acids is 3. The Morgan fingerprint density at radius 3 is 2.11 bits per heavy atom. The number of ketones is 2.